The molecule has 0 spiro atoms. The van der Waals surface area contributed by atoms with Gasteiger partial charge >= 0.3 is 0 Å². The minimum Gasteiger partial charge on any atom is -0.490 e. The second-order valence-electron chi connectivity index (χ2n) is 4.27. The molecule has 0 radical (unpaired) electrons. The molecule has 0 bridgehead atoms. The van der Waals surface area contributed by atoms with Crippen molar-refractivity contribution in [2.45, 2.75) is 13.0 Å². The number of nitrogens with one attached hydrogen (secondary N) is 1. The maximum atomic E-state index is 13.9. The molecule has 0 aliphatic rings. The third-order valence-electron chi connectivity index (χ3n) is 2.67. The molecule has 0 unspecified atom stereocenters. The van der Waals surface area contributed by atoms with E-state index in [1.807, 2.05) is 0 Å². The van der Waals surface area contributed by atoms with Gasteiger partial charge in [0.15, 0.2) is 16.0 Å². The van der Waals surface area contributed by atoms with E-state index >= 15 is 0 Å². The smallest absolute Gasteiger partial charge is 0.183 e. The highest BCUT2D eigenvalue weighted by Gasteiger charge is 2.05. The monoisotopic (exact) mass is 330 g/mol. The molecule has 1 heterocycles. The van der Waals surface area contributed by atoms with Crippen LogP contribution >= 0.6 is 22.9 Å². The van der Waals surface area contributed by atoms with Crippen molar-refractivity contribution in [1.82, 2.24) is 4.98 Å². The lowest BCUT2D eigenvalue weighted by Crippen LogP contribution is -2.03. The summed E-state index contributed by atoms with van der Waals surface area (Å²) in [5.74, 6) is -0.141. The minimum absolute atomic E-state index is 0.248. The zero-order valence-electron chi connectivity index (χ0n) is 11.6. The number of rotatable bonds is 8. The topological polar surface area (TPSA) is 43.4 Å². The highest BCUT2D eigenvalue weighted by Crippen LogP contribution is 2.23. The van der Waals surface area contributed by atoms with Crippen molar-refractivity contribution >= 4 is 28.6 Å². The Hall–Kier alpha value is -1.37. The minimum atomic E-state index is -0.389. The lowest BCUT2D eigenvalue weighted by Gasteiger charge is -2.09. The summed E-state index contributed by atoms with van der Waals surface area (Å²) in [6.07, 6.45) is 2.42. The van der Waals surface area contributed by atoms with E-state index in [9.17, 15) is 4.39 Å². The largest absolute Gasteiger partial charge is 0.490 e. The number of halogens is 2. The first-order valence-electron chi connectivity index (χ1n) is 6.44. The Kier molecular flexibility index (Phi) is 6.22. The van der Waals surface area contributed by atoms with Crippen molar-refractivity contribution in [3.05, 3.63) is 39.6 Å². The molecule has 2 rings (SSSR count). The van der Waals surface area contributed by atoms with Crippen molar-refractivity contribution in [1.29, 1.82) is 0 Å². The zero-order chi connectivity index (χ0) is 15.1. The summed E-state index contributed by atoms with van der Waals surface area (Å²) >= 11 is 7.14. The fourth-order valence-corrected chi connectivity index (χ4v) is 2.59. The molecule has 0 saturated carbocycles. The van der Waals surface area contributed by atoms with E-state index in [0.29, 0.717) is 29.9 Å². The van der Waals surface area contributed by atoms with Crippen molar-refractivity contribution < 1.29 is 13.9 Å². The first-order chi connectivity index (χ1) is 10.2. The van der Waals surface area contributed by atoms with Gasteiger partial charge in [0.1, 0.15) is 0 Å². The van der Waals surface area contributed by atoms with E-state index in [1.165, 1.54) is 17.4 Å². The molecule has 7 heteroatoms. The van der Waals surface area contributed by atoms with E-state index in [1.54, 1.807) is 25.4 Å². The first-order valence-corrected chi connectivity index (χ1v) is 7.64. The van der Waals surface area contributed by atoms with E-state index < -0.39 is 0 Å². The molecule has 0 aliphatic carbocycles. The van der Waals surface area contributed by atoms with Gasteiger partial charge in [0.2, 0.25) is 0 Å². The summed E-state index contributed by atoms with van der Waals surface area (Å²) < 4.78 is 24.6. The van der Waals surface area contributed by atoms with Gasteiger partial charge in [0.05, 0.1) is 13.2 Å². The lowest BCUT2D eigenvalue weighted by atomic mass is 10.3. The molecule has 1 aromatic carbocycles. The van der Waals surface area contributed by atoms with Gasteiger partial charge in [0, 0.05) is 43.0 Å². The Morgan fingerprint density at radius 1 is 1.38 bits per heavy atom. The van der Waals surface area contributed by atoms with Crippen LogP contribution in [-0.4, -0.2) is 25.3 Å². The van der Waals surface area contributed by atoms with Gasteiger partial charge in [0.25, 0.3) is 0 Å². The number of thiazole rings is 1. The maximum Gasteiger partial charge on any atom is 0.183 e. The molecule has 0 aliphatic heterocycles. The molecule has 1 aromatic heterocycles. The zero-order valence-corrected chi connectivity index (χ0v) is 13.1. The lowest BCUT2D eigenvalue weighted by molar-refractivity contribution is 0.170. The molecular formula is C14H16ClFN2O2S. The molecule has 21 heavy (non-hydrogen) atoms. The van der Waals surface area contributed by atoms with Crippen LogP contribution in [-0.2, 0) is 11.3 Å². The Labute approximate surface area is 131 Å². The van der Waals surface area contributed by atoms with Crippen LogP contribution in [0.25, 0.3) is 0 Å². The number of anilines is 1. The standard InChI is InChI=1S/C14H16ClFN2O2S/c1-19-5-2-6-20-13-4-3-10(7-12(13)16)17-8-11-9-18-14(15)21-11/h3-4,7,9,17H,2,5-6,8H2,1H3. The summed E-state index contributed by atoms with van der Waals surface area (Å²) in [6.45, 7) is 1.58. The maximum absolute atomic E-state index is 13.9. The van der Waals surface area contributed by atoms with Crippen molar-refractivity contribution in [3.8, 4) is 5.75 Å². The van der Waals surface area contributed by atoms with E-state index in [-0.39, 0.29) is 11.6 Å². The third kappa shape index (κ3) is 5.15. The summed E-state index contributed by atoms with van der Waals surface area (Å²) in [7, 11) is 1.62. The van der Waals surface area contributed by atoms with Crippen LogP contribution in [0.2, 0.25) is 4.47 Å². The summed E-state index contributed by atoms with van der Waals surface area (Å²) in [5, 5.41) is 3.11. The Morgan fingerprint density at radius 3 is 2.90 bits per heavy atom. The van der Waals surface area contributed by atoms with Gasteiger partial charge in [-0.1, -0.05) is 11.6 Å². The molecule has 1 N–H and O–H groups in total. The third-order valence-corrected chi connectivity index (χ3v) is 3.79. The number of hydrogen-bond donors (Lipinski definition) is 1. The van der Waals surface area contributed by atoms with Crippen molar-refractivity contribution in [3.63, 3.8) is 0 Å². The van der Waals surface area contributed by atoms with Gasteiger partial charge in [-0.2, -0.15) is 0 Å². The van der Waals surface area contributed by atoms with Crippen molar-refractivity contribution in [2.75, 3.05) is 25.6 Å². The van der Waals surface area contributed by atoms with Crippen LogP contribution in [0.1, 0.15) is 11.3 Å². The van der Waals surface area contributed by atoms with E-state index in [0.717, 1.165) is 11.3 Å². The van der Waals surface area contributed by atoms with Crippen LogP contribution in [0, 0.1) is 5.82 Å². The van der Waals surface area contributed by atoms with E-state index in [4.69, 9.17) is 21.1 Å². The molecule has 2 aromatic rings. The molecule has 0 fully saturated rings. The summed E-state index contributed by atoms with van der Waals surface area (Å²) in [6, 6.07) is 4.80. The Balaban J connectivity index is 1.86. The molecule has 0 amide bonds. The van der Waals surface area contributed by atoms with Gasteiger partial charge in [-0.25, -0.2) is 9.37 Å². The second-order valence-corrected chi connectivity index (χ2v) is 5.97. The molecule has 0 atom stereocenters. The first kappa shape index (κ1) is 16.0. The van der Waals surface area contributed by atoms with Crippen LogP contribution in [0.15, 0.2) is 24.4 Å². The predicted octanol–water partition coefficient (Wildman–Crippen LogP) is 3.96. The molecule has 0 saturated heterocycles. The predicted molar refractivity (Wildman–Crippen MR) is 82.8 cm³/mol. The fourth-order valence-electron chi connectivity index (χ4n) is 1.67. The molecule has 114 valence electrons. The Bertz CT molecular complexity index is 580. The number of benzene rings is 1. The van der Waals surface area contributed by atoms with Gasteiger partial charge in [-0.3, -0.25) is 0 Å². The number of hydrogen-bond acceptors (Lipinski definition) is 5. The average molecular weight is 331 g/mol. The van der Waals surface area contributed by atoms with Crippen LogP contribution in [0.4, 0.5) is 10.1 Å². The van der Waals surface area contributed by atoms with Crippen LogP contribution in [0.3, 0.4) is 0 Å². The van der Waals surface area contributed by atoms with Crippen molar-refractivity contribution in [2.24, 2.45) is 0 Å². The SMILES string of the molecule is COCCCOc1ccc(NCc2cnc(Cl)s2)cc1F. The number of methoxy groups -OCH3 is 1. The second kappa shape index (κ2) is 8.17. The quantitative estimate of drug-likeness (QED) is 0.744. The van der Waals surface area contributed by atoms with Crippen LogP contribution < -0.4 is 10.1 Å². The normalized spacial score (nSPS) is 10.6. The highest BCUT2D eigenvalue weighted by molar-refractivity contribution is 7.15. The molecule has 4 nitrogen and oxygen atoms in total. The van der Waals surface area contributed by atoms with Crippen LogP contribution in [0.5, 0.6) is 5.75 Å². The van der Waals surface area contributed by atoms with Gasteiger partial charge in [-0.15, -0.1) is 11.3 Å². The van der Waals surface area contributed by atoms with E-state index in [2.05, 4.69) is 10.3 Å². The summed E-state index contributed by atoms with van der Waals surface area (Å²) in [5.41, 5.74) is 0.682. The van der Waals surface area contributed by atoms with Gasteiger partial charge < -0.3 is 14.8 Å². The highest BCUT2D eigenvalue weighted by atomic mass is 35.5. The number of aromatic nitrogens is 1. The number of nitrogens with zero attached hydrogens (tertiary/aromatic N) is 1. The molecular weight excluding hydrogens is 315 g/mol. The fraction of sp³-hybridized carbons (Fsp3) is 0.357. The van der Waals surface area contributed by atoms with Gasteiger partial charge in [-0.05, 0) is 12.1 Å². The Morgan fingerprint density at radius 2 is 2.24 bits per heavy atom. The number of ether oxygens (including phenoxy) is 2. The summed E-state index contributed by atoms with van der Waals surface area (Å²) in [4.78, 5) is 4.94. The average Bonchev–Trinajstić information content (AvgIpc) is 2.89.